The lowest BCUT2D eigenvalue weighted by Crippen LogP contribution is -2.34. The van der Waals surface area contributed by atoms with E-state index in [4.69, 9.17) is 4.74 Å². The lowest BCUT2D eigenvalue weighted by atomic mass is 9.81. The molecular weight excluding hydrogens is 234 g/mol. The molecule has 0 atom stereocenters. The Labute approximate surface area is 117 Å². The van der Waals surface area contributed by atoms with Crippen molar-refractivity contribution in [1.29, 1.82) is 0 Å². The van der Waals surface area contributed by atoms with Crippen molar-refractivity contribution < 1.29 is 4.74 Å². The van der Waals surface area contributed by atoms with E-state index in [1.165, 1.54) is 11.1 Å². The van der Waals surface area contributed by atoms with Gasteiger partial charge in [0.2, 0.25) is 0 Å². The van der Waals surface area contributed by atoms with Crippen LogP contribution < -0.4 is 10.1 Å². The number of hydrogen-bond acceptors (Lipinski definition) is 2. The molecule has 106 valence electrons. The number of benzene rings is 1. The Kier molecular flexibility index (Phi) is 4.51. The first-order chi connectivity index (χ1) is 8.99. The van der Waals surface area contributed by atoms with Gasteiger partial charge in [-0.15, -0.1) is 0 Å². The van der Waals surface area contributed by atoms with Gasteiger partial charge in [0.15, 0.2) is 0 Å². The SMILES string of the molecule is CC(C)C(C)(C)CNCCc1ccc2c(c1)CCO2. The van der Waals surface area contributed by atoms with E-state index < -0.39 is 0 Å². The van der Waals surface area contributed by atoms with Gasteiger partial charge in [-0.2, -0.15) is 0 Å². The molecule has 1 aliphatic rings. The van der Waals surface area contributed by atoms with Gasteiger partial charge < -0.3 is 10.1 Å². The average molecular weight is 261 g/mol. The highest BCUT2D eigenvalue weighted by Gasteiger charge is 2.21. The van der Waals surface area contributed by atoms with Gasteiger partial charge in [0, 0.05) is 13.0 Å². The van der Waals surface area contributed by atoms with Crippen LogP contribution in [0.4, 0.5) is 0 Å². The van der Waals surface area contributed by atoms with Crippen molar-refractivity contribution in [3.63, 3.8) is 0 Å². The van der Waals surface area contributed by atoms with Gasteiger partial charge in [-0.3, -0.25) is 0 Å². The first kappa shape index (κ1) is 14.4. The van der Waals surface area contributed by atoms with E-state index in [1.807, 2.05) is 0 Å². The molecule has 0 aromatic heterocycles. The Morgan fingerprint density at radius 3 is 2.84 bits per heavy atom. The van der Waals surface area contributed by atoms with E-state index >= 15 is 0 Å². The zero-order valence-corrected chi connectivity index (χ0v) is 12.8. The molecule has 0 fully saturated rings. The zero-order valence-electron chi connectivity index (χ0n) is 12.8. The van der Waals surface area contributed by atoms with Gasteiger partial charge in [0.25, 0.3) is 0 Å². The zero-order chi connectivity index (χ0) is 13.9. The van der Waals surface area contributed by atoms with Crippen LogP contribution in [0, 0.1) is 11.3 Å². The molecule has 1 aromatic rings. The largest absolute Gasteiger partial charge is 0.493 e. The second-order valence-electron chi connectivity index (χ2n) is 6.61. The third-order valence-electron chi connectivity index (χ3n) is 4.49. The molecule has 0 aliphatic carbocycles. The molecule has 1 aromatic carbocycles. The van der Waals surface area contributed by atoms with Crippen LogP contribution in [0.2, 0.25) is 0 Å². The highest BCUT2D eigenvalue weighted by molar-refractivity contribution is 5.39. The van der Waals surface area contributed by atoms with Crippen molar-refractivity contribution in [2.24, 2.45) is 11.3 Å². The number of nitrogens with one attached hydrogen (secondary N) is 1. The van der Waals surface area contributed by atoms with Crippen LogP contribution in [0.25, 0.3) is 0 Å². The standard InChI is InChI=1S/C17H27NO/c1-13(2)17(3,4)12-18-9-7-14-5-6-16-15(11-14)8-10-19-16/h5-6,11,13,18H,7-10,12H2,1-4H3. The second-order valence-corrected chi connectivity index (χ2v) is 6.61. The molecule has 0 bridgehead atoms. The van der Waals surface area contributed by atoms with Crippen LogP contribution in [0.5, 0.6) is 5.75 Å². The van der Waals surface area contributed by atoms with Gasteiger partial charge in [0.1, 0.15) is 5.75 Å². The second kappa shape index (κ2) is 5.96. The minimum absolute atomic E-state index is 0.367. The summed E-state index contributed by atoms with van der Waals surface area (Å²) in [6.07, 6.45) is 2.17. The molecule has 1 aliphatic heterocycles. The number of hydrogen-bond donors (Lipinski definition) is 1. The Bertz CT molecular complexity index is 423. The summed E-state index contributed by atoms with van der Waals surface area (Å²) >= 11 is 0. The predicted octanol–water partition coefficient (Wildman–Crippen LogP) is 3.44. The van der Waals surface area contributed by atoms with E-state index in [0.717, 1.165) is 38.3 Å². The molecule has 1 heterocycles. The maximum absolute atomic E-state index is 5.53. The Morgan fingerprint density at radius 1 is 1.32 bits per heavy atom. The minimum atomic E-state index is 0.367. The predicted molar refractivity (Wildman–Crippen MR) is 80.8 cm³/mol. The monoisotopic (exact) mass is 261 g/mol. The van der Waals surface area contributed by atoms with Crippen molar-refractivity contribution in [3.05, 3.63) is 29.3 Å². The number of ether oxygens (including phenoxy) is 1. The summed E-state index contributed by atoms with van der Waals surface area (Å²) in [5, 5.41) is 3.59. The van der Waals surface area contributed by atoms with E-state index in [-0.39, 0.29) is 0 Å². The summed E-state index contributed by atoms with van der Waals surface area (Å²) in [5.41, 5.74) is 3.16. The Balaban J connectivity index is 1.77. The molecule has 0 radical (unpaired) electrons. The van der Waals surface area contributed by atoms with Crippen LogP contribution >= 0.6 is 0 Å². The summed E-state index contributed by atoms with van der Waals surface area (Å²) in [4.78, 5) is 0. The van der Waals surface area contributed by atoms with E-state index in [9.17, 15) is 0 Å². The van der Waals surface area contributed by atoms with E-state index in [0.29, 0.717) is 11.3 Å². The molecule has 2 heteroatoms. The van der Waals surface area contributed by atoms with Crippen LogP contribution in [0.1, 0.15) is 38.8 Å². The maximum atomic E-state index is 5.53. The number of rotatable bonds is 6. The van der Waals surface area contributed by atoms with Gasteiger partial charge in [-0.25, -0.2) is 0 Å². The maximum Gasteiger partial charge on any atom is 0.122 e. The molecule has 0 saturated heterocycles. The van der Waals surface area contributed by atoms with Gasteiger partial charge in [-0.1, -0.05) is 39.8 Å². The summed E-state index contributed by atoms with van der Waals surface area (Å²) in [5.74, 6) is 1.79. The molecule has 2 nitrogen and oxygen atoms in total. The van der Waals surface area contributed by atoms with Crippen molar-refractivity contribution in [2.45, 2.75) is 40.5 Å². The van der Waals surface area contributed by atoms with Crippen LogP contribution in [0.15, 0.2) is 18.2 Å². The van der Waals surface area contributed by atoms with Crippen LogP contribution in [-0.4, -0.2) is 19.7 Å². The lowest BCUT2D eigenvalue weighted by Gasteiger charge is -2.29. The topological polar surface area (TPSA) is 21.3 Å². The molecule has 2 rings (SSSR count). The molecule has 0 saturated carbocycles. The van der Waals surface area contributed by atoms with Crippen molar-refractivity contribution in [2.75, 3.05) is 19.7 Å². The van der Waals surface area contributed by atoms with Gasteiger partial charge in [-0.05, 0) is 41.5 Å². The Morgan fingerprint density at radius 2 is 2.11 bits per heavy atom. The fourth-order valence-electron chi connectivity index (χ4n) is 2.24. The smallest absolute Gasteiger partial charge is 0.122 e. The van der Waals surface area contributed by atoms with Crippen LogP contribution in [0.3, 0.4) is 0 Å². The number of fused-ring (bicyclic) bond motifs is 1. The fourth-order valence-corrected chi connectivity index (χ4v) is 2.24. The highest BCUT2D eigenvalue weighted by Crippen LogP contribution is 2.26. The van der Waals surface area contributed by atoms with Gasteiger partial charge in [0.05, 0.1) is 6.61 Å². The van der Waals surface area contributed by atoms with Crippen molar-refractivity contribution in [3.8, 4) is 5.75 Å². The van der Waals surface area contributed by atoms with E-state index in [1.54, 1.807) is 0 Å². The summed E-state index contributed by atoms with van der Waals surface area (Å²) in [7, 11) is 0. The van der Waals surface area contributed by atoms with Crippen molar-refractivity contribution in [1.82, 2.24) is 5.32 Å². The average Bonchev–Trinajstić information content (AvgIpc) is 2.81. The van der Waals surface area contributed by atoms with Crippen LogP contribution in [-0.2, 0) is 12.8 Å². The lowest BCUT2D eigenvalue weighted by molar-refractivity contribution is 0.239. The molecular formula is C17H27NO. The third-order valence-corrected chi connectivity index (χ3v) is 4.49. The molecule has 0 unspecified atom stereocenters. The minimum Gasteiger partial charge on any atom is -0.493 e. The highest BCUT2D eigenvalue weighted by atomic mass is 16.5. The molecule has 19 heavy (non-hydrogen) atoms. The quantitative estimate of drug-likeness (QED) is 0.792. The summed E-state index contributed by atoms with van der Waals surface area (Å²) in [6, 6.07) is 6.62. The van der Waals surface area contributed by atoms with Gasteiger partial charge >= 0.3 is 0 Å². The summed E-state index contributed by atoms with van der Waals surface area (Å²) < 4.78 is 5.53. The van der Waals surface area contributed by atoms with E-state index in [2.05, 4.69) is 51.2 Å². The first-order valence-electron chi connectivity index (χ1n) is 7.44. The third kappa shape index (κ3) is 3.73. The summed E-state index contributed by atoms with van der Waals surface area (Å²) in [6.45, 7) is 12.2. The fraction of sp³-hybridized carbons (Fsp3) is 0.647. The molecule has 0 spiro atoms. The molecule has 1 N–H and O–H groups in total. The Hall–Kier alpha value is -1.02. The first-order valence-corrected chi connectivity index (χ1v) is 7.44. The van der Waals surface area contributed by atoms with Crippen molar-refractivity contribution >= 4 is 0 Å². The normalized spacial score (nSPS) is 14.6. The molecule has 0 amide bonds.